The molecule has 0 unspecified atom stereocenters. The molecular formula is C23H26BrN3O4S. The number of nitrogens with zero attached hydrogens (tertiary/aromatic N) is 2. The first-order valence-corrected chi connectivity index (χ1v) is 12.7. The number of nitrogens with one attached hydrogen (secondary N) is 1. The van der Waals surface area contributed by atoms with Crippen molar-refractivity contribution in [1.82, 2.24) is 14.1 Å². The van der Waals surface area contributed by atoms with E-state index in [9.17, 15) is 18.0 Å². The van der Waals surface area contributed by atoms with Crippen LogP contribution in [-0.4, -0.2) is 41.4 Å². The molecule has 2 aromatic carbocycles. The largest absolute Gasteiger partial charge is 0.294 e. The summed E-state index contributed by atoms with van der Waals surface area (Å²) in [4.78, 5) is 26.5. The second-order valence-corrected chi connectivity index (χ2v) is 10.1. The summed E-state index contributed by atoms with van der Waals surface area (Å²) in [6, 6.07) is 13.7. The number of hydrogen-bond acceptors (Lipinski definition) is 4. The molecule has 0 radical (unpaired) electrons. The third-order valence-corrected chi connectivity index (χ3v) is 7.80. The van der Waals surface area contributed by atoms with Gasteiger partial charge in [-0.15, -0.1) is 0 Å². The molecule has 0 atom stereocenters. The first-order valence-electron chi connectivity index (χ1n) is 10.5. The van der Waals surface area contributed by atoms with E-state index in [0.29, 0.717) is 17.8 Å². The Morgan fingerprint density at radius 3 is 2.28 bits per heavy atom. The summed E-state index contributed by atoms with van der Waals surface area (Å²) < 4.78 is 29.3. The van der Waals surface area contributed by atoms with E-state index < -0.39 is 27.9 Å². The summed E-state index contributed by atoms with van der Waals surface area (Å²) >= 11 is 3.29. The molecule has 0 aliphatic rings. The number of H-pyrrole nitrogens is 1. The number of Topliss-reactive ketones (excluding diaryl/α,β-unsaturated/α-hetero) is 1. The molecule has 32 heavy (non-hydrogen) atoms. The van der Waals surface area contributed by atoms with E-state index in [0.717, 1.165) is 20.8 Å². The number of hydrogen-bond donors (Lipinski definition) is 1. The second kappa shape index (κ2) is 9.97. The fraction of sp³-hybridized carbons (Fsp3) is 0.304. The van der Waals surface area contributed by atoms with E-state index in [1.54, 1.807) is 19.1 Å². The third kappa shape index (κ3) is 4.65. The van der Waals surface area contributed by atoms with Crippen LogP contribution in [-0.2, 0) is 22.9 Å². The van der Waals surface area contributed by atoms with Crippen LogP contribution in [0.5, 0.6) is 0 Å². The van der Waals surface area contributed by atoms with E-state index in [1.807, 2.05) is 38.1 Å². The van der Waals surface area contributed by atoms with Crippen molar-refractivity contribution in [3.63, 3.8) is 0 Å². The summed E-state index contributed by atoms with van der Waals surface area (Å²) in [6.07, 6.45) is 1.16. The highest BCUT2D eigenvalue weighted by molar-refractivity contribution is 9.10. The highest BCUT2D eigenvalue weighted by Crippen LogP contribution is 2.20. The van der Waals surface area contributed by atoms with Crippen molar-refractivity contribution in [3.05, 3.63) is 80.2 Å². The van der Waals surface area contributed by atoms with Gasteiger partial charge in [0.15, 0.2) is 5.78 Å². The number of sulfonamides is 1. The summed E-state index contributed by atoms with van der Waals surface area (Å²) in [6.45, 7) is 5.19. The van der Waals surface area contributed by atoms with Gasteiger partial charge in [-0.1, -0.05) is 54.9 Å². The minimum absolute atomic E-state index is 0.00265. The molecule has 3 rings (SSSR count). The van der Waals surface area contributed by atoms with Crippen molar-refractivity contribution in [2.24, 2.45) is 0 Å². The van der Waals surface area contributed by atoms with Gasteiger partial charge in [0.25, 0.3) is 5.56 Å². The maximum Gasteiger partial charge on any atom is 0.282 e. The van der Waals surface area contributed by atoms with Gasteiger partial charge in [-0.25, -0.2) is 13.1 Å². The minimum atomic E-state index is -3.89. The van der Waals surface area contributed by atoms with Crippen molar-refractivity contribution in [3.8, 4) is 5.69 Å². The Kier molecular flexibility index (Phi) is 7.53. The van der Waals surface area contributed by atoms with Gasteiger partial charge in [0, 0.05) is 16.7 Å². The van der Waals surface area contributed by atoms with E-state index in [-0.39, 0.29) is 17.0 Å². The highest BCUT2D eigenvalue weighted by Gasteiger charge is 2.29. The van der Waals surface area contributed by atoms with Crippen LogP contribution in [0.4, 0.5) is 0 Å². The number of ketones is 1. The van der Waals surface area contributed by atoms with Gasteiger partial charge in [-0.2, -0.15) is 4.31 Å². The number of carbonyl (C=O) groups is 1. The number of para-hydroxylation sites is 1. The predicted octanol–water partition coefficient (Wildman–Crippen LogP) is 3.95. The van der Waals surface area contributed by atoms with Gasteiger partial charge in [0.1, 0.15) is 5.56 Å². The smallest absolute Gasteiger partial charge is 0.282 e. The number of aromatic nitrogens is 2. The molecule has 0 aliphatic heterocycles. The molecule has 1 N–H and O–H groups in total. The molecule has 0 saturated carbocycles. The minimum Gasteiger partial charge on any atom is -0.294 e. The standard InChI is InChI=1S/C23H26BrN3O4S/c1-4-16-9-7-8-10-20(16)27-23(29)22(19(5-2)25-27)21(28)15-26(6-3)32(30,31)18-13-11-17(24)12-14-18/h7-14,25H,4-6,15H2,1-3H3. The number of rotatable bonds is 9. The number of halogens is 1. The summed E-state index contributed by atoms with van der Waals surface area (Å²) in [7, 11) is -3.89. The van der Waals surface area contributed by atoms with Crippen LogP contribution in [0.1, 0.15) is 42.4 Å². The van der Waals surface area contributed by atoms with E-state index in [1.165, 1.54) is 16.8 Å². The Labute approximate surface area is 196 Å². The lowest BCUT2D eigenvalue weighted by Gasteiger charge is -2.19. The normalized spacial score (nSPS) is 11.8. The van der Waals surface area contributed by atoms with Crippen LogP contribution in [0.25, 0.3) is 5.69 Å². The molecule has 0 fully saturated rings. The molecule has 170 valence electrons. The Balaban J connectivity index is 1.99. The number of carbonyl (C=O) groups excluding carboxylic acids is 1. The zero-order valence-corrected chi connectivity index (χ0v) is 20.7. The number of benzene rings is 2. The molecule has 0 saturated heterocycles. The first kappa shape index (κ1) is 24.2. The Bertz CT molecular complexity index is 1280. The zero-order valence-electron chi connectivity index (χ0n) is 18.3. The molecule has 1 aromatic heterocycles. The van der Waals surface area contributed by atoms with Crippen molar-refractivity contribution >= 4 is 31.7 Å². The molecule has 9 heteroatoms. The van der Waals surface area contributed by atoms with Gasteiger partial charge in [0.05, 0.1) is 17.1 Å². The number of aryl methyl sites for hydroxylation is 2. The van der Waals surface area contributed by atoms with Gasteiger partial charge < -0.3 is 0 Å². The fourth-order valence-corrected chi connectivity index (χ4v) is 5.25. The lowest BCUT2D eigenvalue weighted by molar-refractivity contribution is 0.0965. The average Bonchev–Trinajstić information content (AvgIpc) is 3.13. The third-order valence-electron chi connectivity index (χ3n) is 5.34. The lowest BCUT2D eigenvalue weighted by atomic mass is 10.1. The summed E-state index contributed by atoms with van der Waals surface area (Å²) in [5, 5.41) is 3.05. The predicted molar refractivity (Wildman–Crippen MR) is 128 cm³/mol. The van der Waals surface area contributed by atoms with E-state index in [4.69, 9.17) is 0 Å². The molecular weight excluding hydrogens is 494 g/mol. The van der Waals surface area contributed by atoms with Crippen molar-refractivity contribution < 1.29 is 13.2 Å². The van der Waals surface area contributed by atoms with Crippen LogP contribution in [0.15, 0.2) is 62.7 Å². The van der Waals surface area contributed by atoms with Crippen LogP contribution in [0, 0.1) is 0 Å². The molecule has 0 spiro atoms. The van der Waals surface area contributed by atoms with Crippen LogP contribution in [0.3, 0.4) is 0 Å². The SMILES string of the molecule is CCc1ccccc1-n1[nH]c(CC)c(C(=O)CN(CC)S(=O)(=O)c2ccc(Br)cc2)c1=O. The van der Waals surface area contributed by atoms with E-state index >= 15 is 0 Å². The van der Waals surface area contributed by atoms with Gasteiger partial charge >= 0.3 is 0 Å². The Hall–Kier alpha value is -2.49. The van der Waals surface area contributed by atoms with Crippen molar-refractivity contribution in [2.45, 2.75) is 38.5 Å². The molecule has 7 nitrogen and oxygen atoms in total. The number of likely N-dealkylation sites (N-methyl/N-ethyl adjacent to an activating group) is 1. The van der Waals surface area contributed by atoms with Crippen LogP contribution in [0.2, 0.25) is 0 Å². The van der Waals surface area contributed by atoms with Crippen LogP contribution < -0.4 is 5.56 Å². The number of aromatic amines is 1. The molecule has 3 aromatic rings. The quantitative estimate of drug-likeness (QED) is 0.433. The van der Waals surface area contributed by atoms with Crippen LogP contribution >= 0.6 is 15.9 Å². The average molecular weight is 520 g/mol. The maximum absolute atomic E-state index is 13.2. The lowest BCUT2D eigenvalue weighted by Crippen LogP contribution is -2.37. The zero-order chi connectivity index (χ0) is 23.5. The second-order valence-electron chi connectivity index (χ2n) is 7.25. The van der Waals surface area contributed by atoms with Gasteiger partial charge in [-0.3, -0.25) is 14.7 Å². The topological polar surface area (TPSA) is 92.2 Å². The molecule has 0 bridgehead atoms. The monoisotopic (exact) mass is 519 g/mol. The molecule has 1 heterocycles. The Morgan fingerprint density at radius 1 is 1.03 bits per heavy atom. The maximum atomic E-state index is 13.2. The Morgan fingerprint density at radius 2 is 1.69 bits per heavy atom. The highest BCUT2D eigenvalue weighted by atomic mass is 79.9. The van der Waals surface area contributed by atoms with Gasteiger partial charge in [0.2, 0.25) is 10.0 Å². The summed E-state index contributed by atoms with van der Waals surface area (Å²) in [5.74, 6) is -0.529. The van der Waals surface area contributed by atoms with Gasteiger partial charge in [-0.05, 0) is 48.7 Å². The van der Waals surface area contributed by atoms with E-state index in [2.05, 4.69) is 21.0 Å². The molecule has 0 amide bonds. The fourth-order valence-electron chi connectivity index (χ4n) is 3.59. The van der Waals surface area contributed by atoms with Crippen molar-refractivity contribution in [2.75, 3.05) is 13.1 Å². The van der Waals surface area contributed by atoms with Crippen molar-refractivity contribution in [1.29, 1.82) is 0 Å². The first-order chi connectivity index (χ1) is 15.2. The molecule has 0 aliphatic carbocycles. The summed E-state index contributed by atoms with van der Waals surface area (Å²) in [5.41, 5.74) is 1.67.